The first-order chi connectivity index (χ1) is 13.9. The number of carbonyl (C=O) groups excluding carboxylic acids is 1. The Balaban J connectivity index is 1.42. The summed E-state index contributed by atoms with van der Waals surface area (Å²) in [7, 11) is 0. The number of thioether (sulfide) groups is 1. The van der Waals surface area contributed by atoms with Crippen LogP contribution in [0.4, 0.5) is 18.9 Å². The summed E-state index contributed by atoms with van der Waals surface area (Å²) in [6.45, 7) is 0. The van der Waals surface area contributed by atoms with Gasteiger partial charge in [-0.3, -0.25) is 4.79 Å². The third-order valence-electron chi connectivity index (χ3n) is 4.06. The molecule has 148 valence electrons. The summed E-state index contributed by atoms with van der Waals surface area (Å²) in [4.78, 5) is 15.2. The lowest BCUT2D eigenvalue weighted by Gasteiger charge is -2.13. The van der Waals surface area contributed by atoms with E-state index in [1.54, 1.807) is 6.20 Å². The fourth-order valence-electron chi connectivity index (χ4n) is 2.78. The standard InChI is InChI=1S/C19H13F3N4O2S/c20-19(21,22)13-6-2-4-8-15(13)24-16(27)10-29-18-26-25-17(28-18)12-9-23-14-7-3-1-5-11(12)14/h1-9,23H,10H2,(H,24,27). The third kappa shape index (κ3) is 4.11. The molecule has 29 heavy (non-hydrogen) atoms. The smallest absolute Gasteiger partial charge is 0.411 e. The summed E-state index contributed by atoms with van der Waals surface area (Å²) in [5.74, 6) is -0.506. The predicted molar refractivity (Wildman–Crippen MR) is 102 cm³/mol. The number of anilines is 1. The van der Waals surface area contributed by atoms with Crippen molar-refractivity contribution >= 4 is 34.3 Å². The lowest BCUT2D eigenvalue weighted by Crippen LogP contribution is -2.18. The number of benzene rings is 2. The molecule has 0 radical (unpaired) electrons. The molecule has 6 nitrogen and oxygen atoms in total. The first-order valence-electron chi connectivity index (χ1n) is 8.40. The number of hydrogen-bond acceptors (Lipinski definition) is 5. The van der Waals surface area contributed by atoms with Crippen molar-refractivity contribution < 1.29 is 22.4 Å². The Hall–Kier alpha value is -3.27. The molecule has 0 saturated heterocycles. The second-order valence-corrected chi connectivity index (χ2v) is 6.93. The summed E-state index contributed by atoms with van der Waals surface area (Å²) in [5, 5.41) is 11.2. The Kier molecular flexibility index (Phi) is 5.01. The highest BCUT2D eigenvalue weighted by Gasteiger charge is 2.33. The zero-order valence-corrected chi connectivity index (χ0v) is 15.5. The van der Waals surface area contributed by atoms with Gasteiger partial charge in [0.05, 0.1) is 22.6 Å². The molecule has 2 aromatic heterocycles. The average molecular weight is 418 g/mol. The Morgan fingerprint density at radius 1 is 1.10 bits per heavy atom. The van der Waals surface area contributed by atoms with E-state index >= 15 is 0 Å². The van der Waals surface area contributed by atoms with Gasteiger partial charge in [0.1, 0.15) is 0 Å². The normalized spacial score (nSPS) is 11.7. The molecule has 0 aliphatic heterocycles. The Morgan fingerprint density at radius 2 is 1.86 bits per heavy atom. The summed E-state index contributed by atoms with van der Waals surface area (Å²) in [5.41, 5.74) is 0.439. The van der Waals surface area contributed by atoms with E-state index in [-0.39, 0.29) is 22.6 Å². The average Bonchev–Trinajstić information content (AvgIpc) is 3.32. The van der Waals surface area contributed by atoms with Crippen LogP contribution in [-0.2, 0) is 11.0 Å². The number of carbonyl (C=O) groups is 1. The zero-order chi connectivity index (χ0) is 20.4. The van der Waals surface area contributed by atoms with Gasteiger partial charge in [0, 0.05) is 17.1 Å². The van der Waals surface area contributed by atoms with Crippen molar-refractivity contribution in [1.82, 2.24) is 15.2 Å². The van der Waals surface area contributed by atoms with Crippen molar-refractivity contribution in [2.24, 2.45) is 0 Å². The molecule has 0 unspecified atom stereocenters. The number of para-hydroxylation sites is 2. The molecule has 0 bridgehead atoms. The van der Waals surface area contributed by atoms with Gasteiger partial charge in [-0.05, 0) is 18.2 Å². The topological polar surface area (TPSA) is 83.8 Å². The van der Waals surface area contributed by atoms with Crippen molar-refractivity contribution in [1.29, 1.82) is 0 Å². The van der Waals surface area contributed by atoms with Crippen LogP contribution in [0.2, 0.25) is 0 Å². The number of nitrogens with one attached hydrogen (secondary N) is 2. The third-order valence-corrected chi connectivity index (χ3v) is 4.88. The molecule has 1 amide bonds. The van der Waals surface area contributed by atoms with Crippen LogP contribution in [0.15, 0.2) is 64.4 Å². The molecule has 0 fully saturated rings. The number of hydrogen-bond donors (Lipinski definition) is 2. The second kappa shape index (κ2) is 7.63. The van der Waals surface area contributed by atoms with Gasteiger partial charge in [-0.2, -0.15) is 13.2 Å². The van der Waals surface area contributed by atoms with Crippen LogP contribution in [0.25, 0.3) is 22.4 Å². The van der Waals surface area contributed by atoms with Crippen LogP contribution < -0.4 is 5.32 Å². The summed E-state index contributed by atoms with van der Waals surface area (Å²) in [6.07, 6.45) is -2.81. The number of rotatable bonds is 5. The van der Waals surface area contributed by atoms with Crippen molar-refractivity contribution in [2.45, 2.75) is 11.4 Å². The second-order valence-electron chi connectivity index (χ2n) is 6.00. The summed E-state index contributed by atoms with van der Waals surface area (Å²) < 4.78 is 44.6. The highest BCUT2D eigenvalue weighted by Crippen LogP contribution is 2.35. The number of alkyl halides is 3. The predicted octanol–water partition coefficient (Wildman–Crippen LogP) is 4.97. The fourth-order valence-corrected chi connectivity index (χ4v) is 3.34. The van der Waals surface area contributed by atoms with Gasteiger partial charge < -0.3 is 14.7 Å². The van der Waals surface area contributed by atoms with Crippen LogP contribution in [-0.4, -0.2) is 26.8 Å². The maximum absolute atomic E-state index is 13.0. The van der Waals surface area contributed by atoms with Crippen molar-refractivity contribution in [3.05, 3.63) is 60.3 Å². The number of aromatic nitrogens is 3. The lowest BCUT2D eigenvalue weighted by atomic mass is 10.1. The number of aromatic amines is 1. The van der Waals surface area contributed by atoms with Crippen molar-refractivity contribution in [3.8, 4) is 11.5 Å². The molecule has 2 heterocycles. The molecule has 0 aliphatic carbocycles. The van der Waals surface area contributed by atoms with Crippen LogP contribution in [0.1, 0.15) is 5.56 Å². The highest BCUT2D eigenvalue weighted by molar-refractivity contribution is 7.99. The molecule has 2 aromatic carbocycles. The van der Waals surface area contributed by atoms with Crippen molar-refractivity contribution in [3.63, 3.8) is 0 Å². The number of H-pyrrole nitrogens is 1. The zero-order valence-electron chi connectivity index (χ0n) is 14.7. The van der Waals surface area contributed by atoms with Gasteiger partial charge in [-0.1, -0.05) is 42.1 Å². The molecule has 0 spiro atoms. The quantitative estimate of drug-likeness (QED) is 0.447. The number of nitrogens with zero attached hydrogens (tertiary/aromatic N) is 2. The Labute approximate surface area is 166 Å². The molecule has 4 rings (SSSR count). The number of amides is 1. The van der Waals surface area contributed by atoms with Crippen LogP contribution >= 0.6 is 11.8 Å². The molecule has 0 saturated carbocycles. The van der Waals surface area contributed by atoms with E-state index in [2.05, 4.69) is 20.5 Å². The monoisotopic (exact) mass is 418 g/mol. The largest absolute Gasteiger partial charge is 0.418 e. The maximum atomic E-state index is 13.0. The summed E-state index contributed by atoms with van der Waals surface area (Å²) in [6, 6.07) is 12.4. The number of fused-ring (bicyclic) bond motifs is 1. The van der Waals surface area contributed by atoms with E-state index in [1.165, 1.54) is 18.2 Å². The minimum Gasteiger partial charge on any atom is -0.411 e. The van der Waals surface area contributed by atoms with Crippen LogP contribution in [0.5, 0.6) is 0 Å². The number of halogens is 3. The maximum Gasteiger partial charge on any atom is 0.418 e. The van der Waals surface area contributed by atoms with Crippen LogP contribution in [0, 0.1) is 0 Å². The fraction of sp³-hybridized carbons (Fsp3) is 0.105. The van der Waals surface area contributed by atoms with E-state index in [1.807, 2.05) is 24.3 Å². The highest BCUT2D eigenvalue weighted by atomic mass is 32.2. The van der Waals surface area contributed by atoms with Gasteiger partial charge in [0.15, 0.2) is 0 Å². The first-order valence-corrected chi connectivity index (χ1v) is 9.39. The molecular formula is C19H13F3N4O2S. The van der Waals surface area contributed by atoms with Crippen LogP contribution in [0.3, 0.4) is 0 Å². The van der Waals surface area contributed by atoms with Gasteiger partial charge in [-0.15, -0.1) is 10.2 Å². The molecule has 0 atom stereocenters. The van der Waals surface area contributed by atoms with E-state index in [9.17, 15) is 18.0 Å². The Morgan fingerprint density at radius 3 is 2.69 bits per heavy atom. The van der Waals surface area contributed by atoms with Gasteiger partial charge in [0.2, 0.25) is 5.91 Å². The lowest BCUT2D eigenvalue weighted by molar-refractivity contribution is -0.137. The Bertz CT molecular complexity index is 1170. The molecular weight excluding hydrogens is 405 g/mol. The van der Waals surface area contributed by atoms with E-state index in [4.69, 9.17) is 4.42 Å². The molecule has 2 N–H and O–H groups in total. The molecule has 4 aromatic rings. The van der Waals surface area contributed by atoms with Gasteiger partial charge >= 0.3 is 6.18 Å². The molecule has 0 aliphatic rings. The van der Waals surface area contributed by atoms with E-state index in [0.29, 0.717) is 0 Å². The van der Waals surface area contributed by atoms with Gasteiger partial charge in [-0.25, -0.2) is 0 Å². The van der Waals surface area contributed by atoms with Gasteiger partial charge in [0.25, 0.3) is 11.1 Å². The minimum absolute atomic E-state index is 0.143. The van der Waals surface area contributed by atoms with Crippen molar-refractivity contribution in [2.75, 3.05) is 11.1 Å². The first kappa shape index (κ1) is 19.1. The molecule has 10 heteroatoms. The minimum atomic E-state index is -4.56. The van der Waals surface area contributed by atoms with E-state index < -0.39 is 17.6 Å². The SMILES string of the molecule is O=C(CSc1nnc(-c2c[nH]c3ccccc23)o1)Nc1ccccc1C(F)(F)F. The summed E-state index contributed by atoms with van der Waals surface area (Å²) >= 11 is 0.941. The van der Waals surface area contributed by atoms with E-state index in [0.717, 1.165) is 34.3 Å².